The molecule has 2 heterocycles. The Kier molecular flexibility index (Phi) is 34.1. The summed E-state index contributed by atoms with van der Waals surface area (Å²) >= 11 is 0. The van der Waals surface area contributed by atoms with E-state index in [9.17, 15) is 51.9 Å². The number of carboxylic acids is 1. The van der Waals surface area contributed by atoms with Crippen LogP contribution in [0.25, 0.3) is 33.1 Å². The maximum atomic E-state index is 14.2. The van der Waals surface area contributed by atoms with Gasteiger partial charge >= 0.3 is 30.5 Å². The van der Waals surface area contributed by atoms with E-state index in [1.54, 1.807) is 112 Å². The van der Waals surface area contributed by atoms with Crippen molar-refractivity contribution >= 4 is 91.2 Å². The first-order chi connectivity index (χ1) is 51.8. The molecule has 0 radical (unpaired) electrons. The van der Waals surface area contributed by atoms with Crippen molar-refractivity contribution in [3.05, 3.63) is 148 Å². The molecule has 32 heteroatoms. The molecule has 2 N–H and O–H groups in total. The fourth-order valence-corrected chi connectivity index (χ4v) is 11.6. The highest BCUT2D eigenvalue weighted by Gasteiger charge is 2.34. The molecule has 111 heavy (non-hydrogen) atoms. The maximum absolute atomic E-state index is 14.2. The normalized spacial score (nSPS) is 13.1. The van der Waals surface area contributed by atoms with Crippen molar-refractivity contribution in [2.24, 2.45) is 10.8 Å². The molecule has 0 saturated carbocycles. The molecule has 604 valence electrons. The first-order valence-electron chi connectivity index (χ1n) is 34.4. The third-order valence-electron chi connectivity index (χ3n) is 16.7. The third kappa shape index (κ3) is 26.5. The highest BCUT2D eigenvalue weighted by molar-refractivity contribution is 7.86. The van der Waals surface area contributed by atoms with Gasteiger partial charge in [0.15, 0.2) is 61.7 Å². The van der Waals surface area contributed by atoms with Gasteiger partial charge in [-0.25, -0.2) is 14.4 Å². The van der Waals surface area contributed by atoms with Gasteiger partial charge < -0.3 is 81.5 Å². The monoisotopic (exact) mass is 1570 g/mol. The van der Waals surface area contributed by atoms with E-state index < -0.39 is 67.9 Å². The first-order valence-corrected chi connectivity index (χ1v) is 36.2. The predicted octanol–water partition coefficient (Wildman–Crippen LogP) is 10.4. The number of esters is 1. The minimum absolute atomic E-state index is 0.0129. The van der Waals surface area contributed by atoms with Crippen molar-refractivity contribution in [2.75, 3.05) is 75.1 Å². The van der Waals surface area contributed by atoms with Crippen molar-refractivity contribution in [3.63, 3.8) is 0 Å². The Morgan fingerprint density at radius 2 is 0.847 bits per heavy atom. The van der Waals surface area contributed by atoms with Crippen molar-refractivity contribution in [1.29, 1.82) is 0 Å². The number of amides is 2. The van der Waals surface area contributed by atoms with Crippen LogP contribution in [0.2, 0.25) is 0 Å². The van der Waals surface area contributed by atoms with Crippen molar-refractivity contribution in [2.45, 2.75) is 160 Å². The zero-order valence-electron chi connectivity index (χ0n) is 66.2. The van der Waals surface area contributed by atoms with Crippen LogP contribution in [0.4, 0.5) is 9.59 Å². The molecule has 0 fully saturated rings. The molecule has 2 aromatic heterocycles. The van der Waals surface area contributed by atoms with E-state index in [1.807, 2.05) is 41.5 Å². The molecule has 8 rings (SSSR count). The Labute approximate surface area is 642 Å². The molecule has 31 nitrogen and oxygen atoms in total. The molecular weight excluding hydrogens is 1470 g/mol. The summed E-state index contributed by atoms with van der Waals surface area (Å²) in [5.41, 5.74) is 1.62. The van der Waals surface area contributed by atoms with E-state index in [1.165, 1.54) is 47.0 Å². The Balaban J connectivity index is 0.000000368. The van der Waals surface area contributed by atoms with E-state index in [4.69, 9.17) is 84.3 Å². The van der Waals surface area contributed by atoms with Gasteiger partial charge in [0.1, 0.15) is 34.9 Å². The molecule has 0 unspecified atom stereocenters. The average molecular weight is 1570 g/mol. The number of hydrogen-bond donors (Lipinski definition) is 2. The number of alkyl carbamates (subject to hydrolysis) is 2. The Bertz CT molecular complexity index is 4740. The number of carboxylic acid groups (broad SMARTS) is 1. The minimum Gasteiger partial charge on any atom is -0.545 e. The van der Waals surface area contributed by atoms with Gasteiger partial charge in [0.2, 0.25) is 10.9 Å². The van der Waals surface area contributed by atoms with Gasteiger partial charge in [0.25, 0.3) is 10.1 Å². The molecular formula is C79H97N2O29S-. The number of methoxy groups -OCH3 is 4. The number of hydrogen-bond acceptors (Lipinski definition) is 29. The second kappa shape index (κ2) is 40.8. The van der Waals surface area contributed by atoms with Crippen molar-refractivity contribution in [1.82, 2.24) is 10.6 Å². The van der Waals surface area contributed by atoms with E-state index in [-0.39, 0.29) is 142 Å². The highest BCUT2D eigenvalue weighted by atomic mass is 32.2. The summed E-state index contributed by atoms with van der Waals surface area (Å²) < 4.78 is 96.9. The van der Waals surface area contributed by atoms with E-state index in [2.05, 4.69) is 10.6 Å². The number of allylic oxidation sites excluding steroid dienone is 4. The number of carbonyl (C=O) groups excluding carboxylic acids is 10. The lowest BCUT2D eigenvalue weighted by atomic mass is 9.85. The topological polar surface area (TPSA) is 423 Å². The number of carbonyl (C=O) groups is 6. The van der Waals surface area contributed by atoms with Crippen LogP contribution in [0.3, 0.4) is 0 Å². The Morgan fingerprint density at radius 3 is 1.17 bits per heavy atom. The predicted molar refractivity (Wildman–Crippen MR) is 399 cm³/mol. The lowest BCUT2D eigenvalue weighted by molar-refractivity contribution is -0.255. The quantitative estimate of drug-likeness (QED) is 0.0233. The Morgan fingerprint density at radius 1 is 0.514 bits per heavy atom. The molecule has 4 aromatic carbocycles. The van der Waals surface area contributed by atoms with Gasteiger partial charge in [0, 0.05) is 74.8 Å². The van der Waals surface area contributed by atoms with Gasteiger partial charge in [-0.05, 0) is 169 Å². The van der Waals surface area contributed by atoms with Crippen LogP contribution in [0.1, 0.15) is 182 Å². The lowest BCUT2D eigenvalue weighted by Crippen LogP contribution is -2.46. The van der Waals surface area contributed by atoms with Crippen LogP contribution in [-0.4, -0.2) is 155 Å². The summed E-state index contributed by atoms with van der Waals surface area (Å²) in [6.45, 7) is 29.1. The van der Waals surface area contributed by atoms with E-state index in [0.29, 0.717) is 76.1 Å². The van der Waals surface area contributed by atoms with Crippen LogP contribution >= 0.6 is 0 Å². The molecule has 0 spiro atoms. The second-order valence-corrected chi connectivity index (χ2v) is 31.0. The number of aromatic carboxylic acids is 1. The third-order valence-corrected chi connectivity index (χ3v) is 17.3. The van der Waals surface area contributed by atoms with Gasteiger partial charge in [-0.2, -0.15) is 27.6 Å². The average Bonchev–Trinajstić information content (AvgIpc) is 0.752. The smallest absolute Gasteiger partial charge is 0.407 e. The largest absolute Gasteiger partial charge is 0.545 e. The van der Waals surface area contributed by atoms with Gasteiger partial charge in [-0.15, -0.1) is 0 Å². The molecule has 2 amide bonds. The zero-order valence-corrected chi connectivity index (χ0v) is 67.1. The summed E-state index contributed by atoms with van der Waals surface area (Å²) in [5.74, 6) is -1.76. The summed E-state index contributed by atoms with van der Waals surface area (Å²) in [4.78, 5) is 137. The zero-order chi connectivity index (χ0) is 83.8. The number of benzene rings is 4. The molecule has 0 saturated heterocycles. The number of rotatable bonds is 25. The molecule has 2 atom stereocenters. The van der Waals surface area contributed by atoms with Crippen LogP contribution < -0.4 is 45.5 Å². The fraction of sp³-hybridized carbons (Fsp3) is 0.468. The summed E-state index contributed by atoms with van der Waals surface area (Å²) in [7, 11) is 2.44. The minimum atomic E-state index is -3.47. The summed E-state index contributed by atoms with van der Waals surface area (Å²) in [6, 6.07) is 9.09. The fourth-order valence-electron chi connectivity index (χ4n) is 11.2. The standard InChI is InChI=1S/C38H47NO11.C26H24O9.C13H27NO5S.2CO2/c1-21-15-29-32(31(22(21)2)35(42)46-14-13-30(37(3,4)5)39-36(43)50-38(6,7)8)34(41)26(18-47-29)24-12-11-23-16-27(48-19-44-9)28(49-20-45-10)17-25(23)33(24)40;1-13-7-21-23(22(14(13)2)26(29)30)25(28)18(10-33-21)16-6-5-15-8-19(34-11-31-3)20(35-12-32-4)9-17(15)24(16)27;1-12(2,3)10(8-9-18-20(7,16)17)14-11(15)19-13(4,5)6;2*2-1-3/h12,15-18,30H,11,13-14,19-20H2,1-10H3,(H,39,43);6-10H,5,11-12H2,1-4H3,(H,29,30);10H,8-9H2,1-7H3,(H,14,15);;/p-1/t30-;;10-;;/m0.0../s1. The molecule has 2 aliphatic rings. The first kappa shape index (κ1) is 92.7. The lowest BCUT2D eigenvalue weighted by Gasteiger charge is -2.32. The van der Waals surface area contributed by atoms with Gasteiger partial charge in [-0.1, -0.05) is 53.7 Å². The van der Waals surface area contributed by atoms with E-state index >= 15 is 0 Å². The SMILES string of the molecule is CC(C)(C)OC(=O)N[C@@H](CCOS(C)(=O)=O)C(C)(C)C.COCOc1cc2c(cc1OCOC)C(=O)C(c1coc3cc(C)c(C)c(C(=O)OCC[C@H](NC(=O)OC(C)(C)C)C(C)(C)C)c3c1=O)=CC2.COCOc1cc2c(cc1OCOC)C(=O)C(c1coc3cc(C)c(C)c(C(=O)[O-])c3c1=O)=CC2.O=C=O.O=C=O. The summed E-state index contributed by atoms with van der Waals surface area (Å²) in [6.07, 6.45) is 7.43. The van der Waals surface area contributed by atoms with Crippen molar-refractivity contribution < 1.29 is 127 Å². The number of aryl methyl sites for hydroxylation is 2. The summed E-state index contributed by atoms with van der Waals surface area (Å²) in [5, 5.41) is 17.4. The second-order valence-electron chi connectivity index (χ2n) is 29.3. The molecule has 0 bridgehead atoms. The number of nitrogens with one attached hydrogen (secondary N) is 2. The Hall–Kier alpha value is -10.7. The molecule has 6 aromatic rings. The molecule has 2 aliphatic carbocycles. The number of fused-ring (bicyclic) bond motifs is 4. The van der Waals surface area contributed by atoms with Gasteiger partial charge in [0.05, 0.1) is 52.9 Å². The van der Waals surface area contributed by atoms with Crippen molar-refractivity contribution in [3.8, 4) is 23.0 Å². The van der Waals surface area contributed by atoms with E-state index in [0.717, 1.165) is 11.8 Å². The maximum Gasteiger partial charge on any atom is 0.407 e. The molecule has 0 aliphatic heterocycles. The van der Waals surface area contributed by atoms with Gasteiger partial charge in [-0.3, -0.25) is 23.4 Å². The van der Waals surface area contributed by atoms with Crippen LogP contribution in [0.15, 0.2) is 79.5 Å². The number of ether oxygens (including phenoxy) is 11. The van der Waals surface area contributed by atoms with Crippen LogP contribution in [0.5, 0.6) is 23.0 Å². The highest BCUT2D eigenvalue weighted by Crippen LogP contribution is 2.40. The number of ketones is 2. The number of Topliss-reactive ketones (excluding diaryl/α,β-unsaturated/α-hetero) is 2. The van der Waals surface area contributed by atoms with Crippen LogP contribution in [0, 0.1) is 38.5 Å². The van der Waals surface area contributed by atoms with Crippen LogP contribution in [-0.2, 0) is 79.5 Å².